The van der Waals surface area contributed by atoms with Crippen LogP contribution in [0.2, 0.25) is 0 Å². The van der Waals surface area contributed by atoms with Crippen molar-refractivity contribution in [3.05, 3.63) is 52.5 Å². The van der Waals surface area contributed by atoms with Crippen LogP contribution in [0.3, 0.4) is 0 Å². The van der Waals surface area contributed by atoms with Gasteiger partial charge in [-0.2, -0.15) is 0 Å². The molecule has 0 radical (unpaired) electrons. The Hall–Kier alpha value is -2.12. The summed E-state index contributed by atoms with van der Waals surface area (Å²) >= 11 is 2.48. The van der Waals surface area contributed by atoms with Crippen molar-refractivity contribution >= 4 is 33.7 Å². The zero-order chi connectivity index (χ0) is 13.9. The summed E-state index contributed by atoms with van der Waals surface area (Å²) in [6.45, 7) is 0. The molecule has 0 saturated carbocycles. The van der Waals surface area contributed by atoms with E-state index in [0.717, 1.165) is 11.3 Å². The van der Waals surface area contributed by atoms with Crippen molar-refractivity contribution in [2.75, 3.05) is 5.32 Å². The lowest BCUT2D eigenvalue weighted by Gasteiger charge is -1.97. The molecule has 1 amide bonds. The molecule has 0 unspecified atom stereocenters. The third-order valence-corrected chi connectivity index (χ3v) is 4.24. The first-order chi connectivity index (χ1) is 9.74. The molecule has 1 N–H and O–H groups in total. The van der Waals surface area contributed by atoms with E-state index in [2.05, 4.69) is 15.5 Å². The van der Waals surface area contributed by atoms with E-state index in [1.54, 1.807) is 30.3 Å². The summed E-state index contributed by atoms with van der Waals surface area (Å²) in [6, 6.07) is 9.84. The molecule has 0 saturated heterocycles. The summed E-state index contributed by atoms with van der Waals surface area (Å²) in [5.41, 5.74) is 0.377. The zero-order valence-corrected chi connectivity index (χ0v) is 11.7. The van der Waals surface area contributed by atoms with Gasteiger partial charge in [-0.15, -0.1) is 21.5 Å². The molecule has 0 aliphatic rings. The van der Waals surface area contributed by atoms with Gasteiger partial charge in [-0.3, -0.25) is 10.1 Å². The second-order valence-corrected chi connectivity index (χ2v) is 5.75. The van der Waals surface area contributed by atoms with Crippen LogP contribution in [0.15, 0.2) is 41.8 Å². The maximum absolute atomic E-state index is 13.6. The van der Waals surface area contributed by atoms with Crippen molar-refractivity contribution in [2.24, 2.45) is 0 Å². The van der Waals surface area contributed by atoms with Gasteiger partial charge in [-0.05, 0) is 23.6 Å². The molecule has 7 heteroatoms. The van der Waals surface area contributed by atoms with Gasteiger partial charge in [-0.1, -0.05) is 29.5 Å². The van der Waals surface area contributed by atoms with Gasteiger partial charge < -0.3 is 0 Å². The van der Waals surface area contributed by atoms with Crippen molar-refractivity contribution in [3.63, 3.8) is 0 Å². The number of rotatable bonds is 3. The number of halogens is 1. The van der Waals surface area contributed by atoms with E-state index in [-0.39, 0.29) is 11.7 Å². The standard InChI is InChI=1S/C13H8FN3OS2/c14-9-5-2-1-4-8(9)12-16-17-13(20-12)15-11(18)10-6-3-7-19-10/h1-7H,(H,15,17,18). The van der Waals surface area contributed by atoms with Gasteiger partial charge in [0.05, 0.1) is 4.88 Å². The van der Waals surface area contributed by atoms with E-state index in [9.17, 15) is 9.18 Å². The number of amides is 1. The van der Waals surface area contributed by atoms with Crippen LogP contribution in [0.5, 0.6) is 0 Å². The predicted octanol–water partition coefficient (Wildman–Crippen LogP) is 3.66. The van der Waals surface area contributed by atoms with Gasteiger partial charge in [-0.25, -0.2) is 4.39 Å². The lowest BCUT2D eigenvalue weighted by Crippen LogP contribution is -2.09. The first-order valence-corrected chi connectivity index (χ1v) is 7.37. The van der Waals surface area contributed by atoms with Crippen LogP contribution >= 0.6 is 22.7 Å². The highest BCUT2D eigenvalue weighted by atomic mass is 32.1. The largest absolute Gasteiger partial charge is 0.296 e. The maximum atomic E-state index is 13.6. The SMILES string of the molecule is O=C(Nc1nnc(-c2ccccc2F)s1)c1cccs1. The Kier molecular flexibility index (Phi) is 3.53. The maximum Gasteiger partial charge on any atom is 0.267 e. The van der Waals surface area contributed by atoms with Crippen molar-refractivity contribution in [3.8, 4) is 10.6 Å². The fourth-order valence-corrected chi connectivity index (χ4v) is 2.97. The summed E-state index contributed by atoms with van der Waals surface area (Å²) < 4.78 is 13.6. The number of nitrogens with one attached hydrogen (secondary N) is 1. The Labute approximate surface area is 121 Å². The fourth-order valence-electron chi connectivity index (χ4n) is 1.58. The smallest absolute Gasteiger partial charge is 0.267 e. The van der Waals surface area contributed by atoms with Crippen LogP contribution in [0.4, 0.5) is 9.52 Å². The van der Waals surface area contributed by atoms with Crippen molar-refractivity contribution in [1.82, 2.24) is 10.2 Å². The molecule has 1 aromatic carbocycles. The number of carbonyl (C=O) groups excluding carboxylic acids is 1. The van der Waals surface area contributed by atoms with E-state index < -0.39 is 0 Å². The van der Waals surface area contributed by atoms with Gasteiger partial charge in [0.1, 0.15) is 5.82 Å². The van der Waals surface area contributed by atoms with E-state index in [0.29, 0.717) is 20.6 Å². The molecule has 2 heterocycles. The van der Waals surface area contributed by atoms with Crippen LogP contribution in [-0.4, -0.2) is 16.1 Å². The van der Waals surface area contributed by atoms with Crippen LogP contribution in [-0.2, 0) is 0 Å². The quantitative estimate of drug-likeness (QED) is 0.803. The molecule has 3 rings (SSSR count). The Balaban J connectivity index is 1.81. The molecule has 3 aromatic rings. The average Bonchev–Trinajstić information content (AvgIpc) is 3.10. The Morgan fingerprint density at radius 2 is 2.00 bits per heavy atom. The number of hydrogen-bond donors (Lipinski definition) is 1. The second kappa shape index (κ2) is 5.48. The van der Waals surface area contributed by atoms with E-state index in [4.69, 9.17) is 0 Å². The number of aromatic nitrogens is 2. The highest BCUT2D eigenvalue weighted by molar-refractivity contribution is 7.18. The summed E-state index contributed by atoms with van der Waals surface area (Å²) in [6.07, 6.45) is 0. The molecule has 2 aromatic heterocycles. The number of hydrogen-bond acceptors (Lipinski definition) is 5. The molecule has 100 valence electrons. The third-order valence-electron chi connectivity index (χ3n) is 2.49. The Morgan fingerprint density at radius 3 is 2.75 bits per heavy atom. The van der Waals surface area contributed by atoms with Gasteiger partial charge in [0.2, 0.25) is 5.13 Å². The summed E-state index contributed by atoms with van der Waals surface area (Å²) in [7, 11) is 0. The number of carbonyl (C=O) groups is 1. The lowest BCUT2D eigenvalue weighted by atomic mass is 10.2. The van der Waals surface area contributed by atoms with E-state index in [1.165, 1.54) is 17.4 Å². The van der Waals surface area contributed by atoms with Crippen LogP contribution in [0, 0.1) is 5.82 Å². The minimum absolute atomic E-state index is 0.240. The Bertz CT molecular complexity index is 740. The fraction of sp³-hybridized carbons (Fsp3) is 0. The minimum Gasteiger partial charge on any atom is -0.296 e. The highest BCUT2D eigenvalue weighted by Gasteiger charge is 2.13. The highest BCUT2D eigenvalue weighted by Crippen LogP contribution is 2.28. The van der Waals surface area contributed by atoms with Crippen molar-refractivity contribution in [1.29, 1.82) is 0 Å². The van der Waals surface area contributed by atoms with Gasteiger partial charge in [0.25, 0.3) is 5.91 Å². The van der Waals surface area contributed by atoms with E-state index >= 15 is 0 Å². The first kappa shape index (κ1) is 12.9. The third kappa shape index (κ3) is 2.59. The van der Waals surface area contributed by atoms with Crippen LogP contribution in [0.25, 0.3) is 10.6 Å². The average molecular weight is 305 g/mol. The molecule has 0 atom stereocenters. The Morgan fingerprint density at radius 1 is 1.15 bits per heavy atom. The van der Waals surface area contributed by atoms with Crippen molar-refractivity contribution in [2.45, 2.75) is 0 Å². The molecule has 0 aliphatic heterocycles. The molecule has 0 bridgehead atoms. The summed E-state index contributed by atoms with van der Waals surface area (Å²) in [5.74, 6) is -0.601. The molecule has 4 nitrogen and oxygen atoms in total. The zero-order valence-electron chi connectivity index (χ0n) is 10.0. The van der Waals surface area contributed by atoms with E-state index in [1.807, 2.05) is 5.38 Å². The molecular formula is C13H8FN3OS2. The second-order valence-electron chi connectivity index (χ2n) is 3.82. The van der Waals surface area contributed by atoms with Crippen molar-refractivity contribution < 1.29 is 9.18 Å². The summed E-state index contributed by atoms with van der Waals surface area (Å²) in [4.78, 5) is 12.4. The summed E-state index contributed by atoms with van der Waals surface area (Å²) in [5, 5.41) is 13.0. The normalized spacial score (nSPS) is 10.4. The number of nitrogens with zero attached hydrogens (tertiary/aromatic N) is 2. The first-order valence-electron chi connectivity index (χ1n) is 5.67. The van der Waals surface area contributed by atoms with Gasteiger partial charge in [0.15, 0.2) is 5.01 Å². The minimum atomic E-state index is -0.361. The monoisotopic (exact) mass is 305 g/mol. The molecule has 0 aliphatic carbocycles. The molecule has 0 fully saturated rings. The topological polar surface area (TPSA) is 54.9 Å². The molecule has 0 spiro atoms. The lowest BCUT2D eigenvalue weighted by molar-refractivity contribution is 0.103. The molecular weight excluding hydrogens is 297 g/mol. The predicted molar refractivity (Wildman–Crippen MR) is 77.6 cm³/mol. The van der Waals surface area contributed by atoms with Gasteiger partial charge >= 0.3 is 0 Å². The number of thiophene rings is 1. The number of benzene rings is 1. The van der Waals surface area contributed by atoms with Crippen LogP contribution < -0.4 is 5.32 Å². The molecule has 20 heavy (non-hydrogen) atoms. The number of anilines is 1. The van der Waals surface area contributed by atoms with Gasteiger partial charge in [0, 0.05) is 5.56 Å². The van der Waals surface area contributed by atoms with Crippen LogP contribution in [0.1, 0.15) is 9.67 Å².